The number of hydrogen-bond acceptors (Lipinski definition) is 6. The summed E-state index contributed by atoms with van der Waals surface area (Å²) in [5.74, 6) is -0.514. The number of fused-ring (bicyclic) bond motifs is 2. The third kappa shape index (κ3) is 4.67. The minimum atomic E-state index is -0.449. The number of carbonyl (C=O) groups is 2. The highest BCUT2D eigenvalue weighted by Crippen LogP contribution is 2.30. The lowest BCUT2D eigenvalue weighted by Gasteiger charge is -2.03. The Bertz CT molecular complexity index is 1170. The van der Waals surface area contributed by atoms with E-state index in [0.717, 1.165) is 21.8 Å². The van der Waals surface area contributed by atoms with Crippen LogP contribution in [-0.4, -0.2) is 38.7 Å². The van der Waals surface area contributed by atoms with E-state index in [1.165, 1.54) is 13.0 Å². The second kappa shape index (κ2) is 8.39. The Morgan fingerprint density at radius 3 is 2.52 bits per heavy atom. The molecule has 0 unspecified atom stereocenters. The van der Waals surface area contributed by atoms with Gasteiger partial charge in [-0.25, -0.2) is 4.79 Å². The maximum absolute atomic E-state index is 11.4. The first-order chi connectivity index (χ1) is 13.9. The lowest BCUT2D eigenvalue weighted by Crippen LogP contribution is -2.04. The highest BCUT2D eigenvalue weighted by atomic mass is 16.5. The van der Waals surface area contributed by atoms with Crippen LogP contribution in [0.15, 0.2) is 48.7 Å². The Morgan fingerprint density at radius 1 is 1.00 bits per heavy atom. The van der Waals surface area contributed by atoms with Gasteiger partial charge in [0.25, 0.3) is 0 Å². The molecular formula is C21H20N2O6. The molecule has 4 N–H and O–H groups in total. The molecule has 0 amide bonds. The molecule has 0 radical (unpaired) electrons. The number of aromatic nitrogens is 2. The molecule has 0 aliphatic rings. The van der Waals surface area contributed by atoms with Gasteiger partial charge in [0.2, 0.25) is 0 Å². The number of aromatic amines is 2. The normalized spacial score (nSPS) is 10.4. The van der Waals surface area contributed by atoms with Crippen LogP contribution in [0.2, 0.25) is 0 Å². The molecule has 8 heteroatoms. The van der Waals surface area contributed by atoms with Crippen LogP contribution < -0.4 is 4.74 Å². The number of phenolic OH excluding ortho intramolecular Hbond substituents is 2. The Morgan fingerprint density at radius 2 is 1.79 bits per heavy atom. The number of phenols is 2. The van der Waals surface area contributed by atoms with Crippen LogP contribution in [0.3, 0.4) is 0 Å². The van der Waals surface area contributed by atoms with E-state index in [0.29, 0.717) is 12.3 Å². The number of benzene rings is 2. The summed E-state index contributed by atoms with van der Waals surface area (Å²) in [6.07, 6.45) is 1.75. The first kappa shape index (κ1) is 19.8. The molecule has 4 aromatic rings. The van der Waals surface area contributed by atoms with E-state index in [2.05, 4.69) is 9.97 Å². The van der Waals surface area contributed by atoms with E-state index in [-0.39, 0.29) is 23.2 Å². The van der Waals surface area contributed by atoms with E-state index in [9.17, 15) is 19.8 Å². The average Bonchev–Trinajstić information content (AvgIpc) is 3.28. The van der Waals surface area contributed by atoms with Crippen molar-refractivity contribution in [3.8, 4) is 17.2 Å². The molecule has 0 aliphatic heterocycles. The van der Waals surface area contributed by atoms with Crippen molar-refractivity contribution in [2.75, 3.05) is 6.61 Å². The monoisotopic (exact) mass is 396 g/mol. The molecule has 29 heavy (non-hydrogen) atoms. The van der Waals surface area contributed by atoms with Gasteiger partial charge in [-0.15, -0.1) is 0 Å². The van der Waals surface area contributed by atoms with E-state index in [1.807, 2.05) is 6.07 Å². The van der Waals surface area contributed by atoms with E-state index < -0.39 is 5.97 Å². The van der Waals surface area contributed by atoms with Gasteiger partial charge in [0, 0.05) is 41.0 Å². The maximum atomic E-state index is 11.4. The van der Waals surface area contributed by atoms with Crippen molar-refractivity contribution in [1.82, 2.24) is 9.97 Å². The molecule has 0 atom stereocenters. The summed E-state index contributed by atoms with van der Waals surface area (Å²) in [6, 6.07) is 11.5. The number of ether oxygens (including phenoxy) is 2. The summed E-state index contributed by atoms with van der Waals surface area (Å²) in [4.78, 5) is 27.9. The zero-order valence-corrected chi connectivity index (χ0v) is 15.9. The van der Waals surface area contributed by atoms with Crippen LogP contribution >= 0.6 is 0 Å². The lowest BCUT2D eigenvalue weighted by atomic mass is 10.2. The third-order valence-corrected chi connectivity index (χ3v) is 3.99. The van der Waals surface area contributed by atoms with Crippen molar-refractivity contribution in [3.05, 3.63) is 54.4 Å². The molecule has 0 saturated heterocycles. The largest absolute Gasteiger partial charge is 0.508 e. The van der Waals surface area contributed by atoms with Gasteiger partial charge in [-0.05, 0) is 43.3 Å². The molecule has 4 rings (SSSR count). The first-order valence-electron chi connectivity index (χ1n) is 8.84. The van der Waals surface area contributed by atoms with Gasteiger partial charge in [-0.3, -0.25) is 4.79 Å². The molecule has 0 bridgehead atoms. The molecular weight excluding hydrogens is 376 g/mol. The highest BCUT2D eigenvalue weighted by molar-refractivity contribution is 5.95. The van der Waals surface area contributed by atoms with E-state index in [1.54, 1.807) is 43.5 Å². The Hall–Kier alpha value is -3.94. The molecule has 8 nitrogen and oxygen atoms in total. The number of hydrogen-bond donors (Lipinski definition) is 4. The predicted molar refractivity (Wildman–Crippen MR) is 107 cm³/mol. The minimum absolute atomic E-state index is 0.0462. The van der Waals surface area contributed by atoms with Crippen molar-refractivity contribution in [3.63, 3.8) is 0 Å². The summed E-state index contributed by atoms with van der Waals surface area (Å²) >= 11 is 0. The van der Waals surface area contributed by atoms with Gasteiger partial charge in [0.15, 0.2) is 11.5 Å². The zero-order chi connectivity index (χ0) is 21.0. The Labute approximate surface area is 165 Å². The first-order valence-corrected chi connectivity index (χ1v) is 8.84. The number of esters is 2. The number of carbonyl (C=O) groups excluding carboxylic acids is 2. The van der Waals surface area contributed by atoms with Crippen LogP contribution in [-0.2, 0) is 9.53 Å². The smallest absolute Gasteiger partial charge is 0.354 e. The molecule has 0 aliphatic carbocycles. The van der Waals surface area contributed by atoms with Gasteiger partial charge < -0.3 is 29.7 Å². The molecule has 0 spiro atoms. The predicted octanol–water partition coefficient (Wildman–Crippen LogP) is 3.85. The SMILES string of the molecule is CC(=O)Oc1cc2cc[nH]c2cc1O.CCOC(=O)c1cc2cc(O)ccc2[nH]1. The molecule has 0 fully saturated rings. The fourth-order valence-corrected chi connectivity index (χ4v) is 2.74. The molecule has 150 valence electrons. The van der Waals surface area contributed by atoms with Crippen LogP contribution in [0.25, 0.3) is 21.8 Å². The lowest BCUT2D eigenvalue weighted by molar-refractivity contribution is -0.132. The maximum Gasteiger partial charge on any atom is 0.354 e. The summed E-state index contributed by atoms with van der Waals surface area (Å²) in [5, 5.41) is 20.4. The highest BCUT2D eigenvalue weighted by Gasteiger charge is 2.10. The zero-order valence-electron chi connectivity index (χ0n) is 15.9. The minimum Gasteiger partial charge on any atom is -0.508 e. The number of nitrogens with one attached hydrogen (secondary N) is 2. The van der Waals surface area contributed by atoms with Crippen molar-refractivity contribution < 1.29 is 29.3 Å². The van der Waals surface area contributed by atoms with Crippen LogP contribution in [0.4, 0.5) is 0 Å². The second-order valence-electron chi connectivity index (χ2n) is 6.15. The van der Waals surface area contributed by atoms with Crippen molar-refractivity contribution >= 4 is 33.7 Å². The summed E-state index contributed by atoms with van der Waals surface area (Å²) < 4.78 is 9.67. The number of aromatic hydroxyl groups is 2. The summed E-state index contributed by atoms with van der Waals surface area (Å²) in [7, 11) is 0. The fourth-order valence-electron chi connectivity index (χ4n) is 2.74. The quantitative estimate of drug-likeness (QED) is 0.308. The Balaban J connectivity index is 0.000000166. The van der Waals surface area contributed by atoms with Crippen molar-refractivity contribution in [1.29, 1.82) is 0 Å². The van der Waals surface area contributed by atoms with E-state index in [4.69, 9.17) is 9.47 Å². The van der Waals surface area contributed by atoms with Gasteiger partial charge in [-0.1, -0.05) is 0 Å². The van der Waals surface area contributed by atoms with Crippen LogP contribution in [0, 0.1) is 0 Å². The molecule has 2 aromatic carbocycles. The van der Waals surface area contributed by atoms with Crippen molar-refractivity contribution in [2.24, 2.45) is 0 Å². The van der Waals surface area contributed by atoms with Gasteiger partial charge in [0.1, 0.15) is 11.4 Å². The molecule has 2 heterocycles. The third-order valence-electron chi connectivity index (χ3n) is 3.99. The summed E-state index contributed by atoms with van der Waals surface area (Å²) in [6.45, 7) is 3.40. The molecule has 2 aromatic heterocycles. The number of H-pyrrole nitrogens is 2. The number of rotatable bonds is 3. The standard InChI is InChI=1S/C11H11NO3.C10H9NO3/c1-2-15-11(14)10-6-7-5-8(13)3-4-9(7)12-10;1-6(12)14-10-4-7-2-3-11-8(7)5-9(10)13/h3-6,12-13H,2H2,1H3;2-5,11,13H,1H3. The molecule has 0 saturated carbocycles. The van der Waals surface area contributed by atoms with Gasteiger partial charge in [0.05, 0.1) is 6.61 Å². The van der Waals surface area contributed by atoms with Crippen molar-refractivity contribution in [2.45, 2.75) is 13.8 Å². The topological polar surface area (TPSA) is 125 Å². The second-order valence-corrected chi connectivity index (χ2v) is 6.15. The van der Waals surface area contributed by atoms with Gasteiger partial charge in [-0.2, -0.15) is 0 Å². The Kier molecular flexibility index (Phi) is 5.73. The van der Waals surface area contributed by atoms with Crippen LogP contribution in [0.5, 0.6) is 17.2 Å². The van der Waals surface area contributed by atoms with Gasteiger partial charge >= 0.3 is 11.9 Å². The summed E-state index contributed by atoms with van der Waals surface area (Å²) in [5.41, 5.74) is 2.01. The van der Waals surface area contributed by atoms with Crippen LogP contribution in [0.1, 0.15) is 24.3 Å². The average molecular weight is 396 g/mol. The van der Waals surface area contributed by atoms with E-state index >= 15 is 0 Å². The fraction of sp³-hybridized carbons (Fsp3) is 0.143.